The van der Waals surface area contributed by atoms with Gasteiger partial charge in [-0.3, -0.25) is 9.59 Å². The lowest BCUT2D eigenvalue weighted by molar-refractivity contribution is -0.123. The number of hydrogen-bond donors (Lipinski definition) is 2. The average Bonchev–Trinajstić information content (AvgIpc) is 2.56. The number of rotatable bonds is 7. The number of carbonyl (C=O) groups excluding carboxylic acids is 2. The van der Waals surface area contributed by atoms with E-state index in [1.54, 1.807) is 19.2 Å². The third-order valence-electron chi connectivity index (χ3n) is 4.15. The molecule has 0 aliphatic carbocycles. The van der Waals surface area contributed by atoms with Crippen LogP contribution in [0.4, 0.5) is 0 Å². The van der Waals surface area contributed by atoms with E-state index in [1.165, 1.54) is 0 Å². The summed E-state index contributed by atoms with van der Waals surface area (Å²) in [7, 11) is 1.64. The highest BCUT2D eigenvalue weighted by molar-refractivity contribution is 5.94. The third-order valence-corrected chi connectivity index (χ3v) is 4.15. The van der Waals surface area contributed by atoms with Gasteiger partial charge in [-0.15, -0.1) is 0 Å². The van der Waals surface area contributed by atoms with Gasteiger partial charge in [-0.1, -0.05) is 12.1 Å². The highest BCUT2D eigenvalue weighted by Gasteiger charge is 2.23. The molecular weight excluding hydrogens is 294 g/mol. The van der Waals surface area contributed by atoms with Crippen LogP contribution in [0.3, 0.4) is 0 Å². The van der Waals surface area contributed by atoms with E-state index in [-0.39, 0.29) is 17.7 Å². The monoisotopic (exact) mass is 319 g/mol. The summed E-state index contributed by atoms with van der Waals surface area (Å²) in [6, 6.07) is 7.38. The van der Waals surface area contributed by atoms with Gasteiger partial charge >= 0.3 is 0 Å². The van der Waals surface area contributed by atoms with E-state index in [4.69, 9.17) is 10.5 Å². The second-order valence-electron chi connectivity index (χ2n) is 5.93. The molecule has 0 unspecified atom stereocenters. The molecule has 6 nitrogen and oxygen atoms in total. The van der Waals surface area contributed by atoms with Crippen LogP contribution in [0, 0.1) is 5.92 Å². The third kappa shape index (κ3) is 5.33. The number of nitrogens with one attached hydrogen (secondary N) is 1. The van der Waals surface area contributed by atoms with Gasteiger partial charge in [0.1, 0.15) is 0 Å². The van der Waals surface area contributed by atoms with Crippen molar-refractivity contribution in [2.75, 3.05) is 33.3 Å². The molecule has 0 spiro atoms. The van der Waals surface area contributed by atoms with Gasteiger partial charge in [-0.05, 0) is 37.1 Å². The number of nitrogens with two attached hydrogens (primary N) is 1. The molecule has 1 aliphatic heterocycles. The van der Waals surface area contributed by atoms with Crippen molar-refractivity contribution in [3.8, 4) is 0 Å². The normalized spacial score (nSPS) is 18.6. The van der Waals surface area contributed by atoms with Crippen LogP contribution in [0.25, 0.3) is 0 Å². The van der Waals surface area contributed by atoms with Gasteiger partial charge < -0.3 is 20.7 Å². The first-order valence-corrected chi connectivity index (χ1v) is 7.98. The van der Waals surface area contributed by atoms with Crippen molar-refractivity contribution in [3.05, 3.63) is 35.4 Å². The van der Waals surface area contributed by atoms with Crippen LogP contribution in [0.15, 0.2) is 24.3 Å². The molecule has 126 valence electrons. The first-order chi connectivity index (χ1) is 11.1. The minimum Gasteiger partial charge on any atom is -0.380 e. The minimum atomic E-state index is -0.227. The van der Waals surface area contributed by atoms with Crippen LogP contribution in [0.2, 0.25) is 0 Å². The molecular formula is C17H25N3O3. The predicted molar refractivity (Wildman–Crippen MR) is 87.8 cm³/mol. The largest absolute Gasteiger partial charge is 0.380 e. The molecule has 1 aromatic carbocycles. The van der Waals surface area contributed by atoms with E-state index in [1.807, 2.05) is 12.1 Å². The number of carbonyl (C=O) groups is 2. The predicted octanol–water partition coefficient (Wildman–Crippen LogP) is 0.760. The van der Waals surface area contributed by atoms with E-state index < -0.39 is 0 Å². The summed E-state index contributed by atoms with van der Waals surface area (Å²) in [5.74, 6) is -0.375. The summed E-state index contributed by atoms with van der Waals surface area (Å²) in [5.41, 5.74) is 7.05. The molecule has 1 fully saturated rings. The maximum absolute atomic E-state index is 12.1. The van der Waals surface area contributed by atoms with E-state index >= 15 is 0 Å². The fourth-order valence-corrected chi connectivity index (χ4v) is 2.84. The second kappa shape index (κ2) is 8.64. The summed E-state index contributed by atoms with van der Waals surface area (Å²) < 4.78 is 5.05. The lowest BCUT2D eigenvalue weighted by Crippen LogP contribution is -2.44. The number of nitrogens with zero attached hydrogens (tertiary/aromatic N) is 1. The lowest BCUT2D eigenvalue weighted by atomic mass is 9.97. The van der Waals surface area contributed by atoms with Crippen molar-refractivity contribution in [2.24, 2.45) is 11.7 Å². The number of piperidine rings is 1. The van der Waals surface area contributed by atoms with Crippen molar-refractivity contribution >= 4 is 11.8 Å². The summed E-state index contributed by atoms with van der Waals surface area (Å²) in [6.45, 7) is 3.47. The van der Waals surface area contributed by atoms with Crippen molar-refractivity contribution in [1.82, 2.24) is 10.2 Å². The van der Waals surface area contributed by atoms with Crippen LogP contribution < -0.4 is 11.1 Å². The minimum absolute atomic E-state index is 0.0622. The Bertz CT molecular complexity index is 530. The van der Waals surface area contributed by atoms with Crippen LogP contribution in [-0.4, -0.2) is 50.0 Å². The topological polar surface area (TPSA) is 84.7 Å². The van der Waals surface area contributed by atoms with Gasteiger partial charge in [0, 0.05) is 32.3 Å². The second-order valence-corrected chi connectivity index (χ2v) is 5.93. The average molecular weight is 319 g/mol. The van der Waals surface area contributed by atoms with E-state index in [0.717, 1.165) is 31.5 Å². The van der Waals surface area contributed by atoms with Crippen molar-refractivity contribution in [1.29, 1.82) is 0 Å². The van der Waals surface area contributed by atoms with Gasteiger partial charge in [0.2, 0.25) is 5.91 Å². The Morgan fingerprint density at radius 1 is 1.35 bits per heavy atom. The molecule has 1 aromatic rings. The Hall–Kier alpha value is -1.92. The fraction of sp³-hybridized carbons (Fsp3) is 0.529. The number of methoxy groups -OCH3 is 1. The van der Waals surface area contributed by atoms with E-state index in [9.17, 15) is 9.59 Å². The zero-order valence-electron chi connectivity index (χ0n) is 13.6. The zero-order chi connectivity index (χ0) is 16.7. The highest BCUT2D eigenvalue weighted by atomic mass is 16.5. The highest BCUT2D eigenvalue weighted by Crippen LogP contribution is 2.15. The zero-order valence-corrected chi connectivity index (χ0v) is 13.6. The van der Waals surface area contributed by atoms with Crippen molar-refractivity contribution in [3.63, 3.8) is 0 Å². The summed E-state index contributed by atoms with van der Waals surface area (Å²) in [5, 5.41) is 2.91. The first kappa shape index (κ1) is 17.4. The Labute approximate surface area is 137 Å². The number of likely N-dealkylation sites (tertiary alicyclic amines) is 1. The standard InChI is InChI=1S/C17H25N3O3/c1-23-12-13-4-6-14(7-5-13)17(22)19-8-10-20-9-2-3-15(11-20)16(18)21/h4-7,15H,2-3,8-12H2,1H3,(H2,18,21)(H,19,22)/t15-/m0/s1. The van der Waals surface area contributed by atoms with Gasteiger partial charge in [-0.25, -0.2) is 0 Å². The Balaban J connectivity index is 1.75. The van der Waals surface area contributed by atoms with Crippen molar-refractivity contribution < 1.29 is 14.3 Å². The van der Waals surface area contributed by atoms with E-state index in [2.05, 4.69) is 10.2 Å². The molecule has 1 heterocycles. The summed E-state index contributed by atoms with van der Waals surface area (Å²) in [4.78, 5) is 25.5. The molecule has 1 atom stereocenters. The summed E-state index contributed by atoms with van der Waals surface area (Å²) in [6.07, 6.45) is 1.84. The van der Waals surface area contributed by atoms with Gasteiger partial charge in [-0.2, -0.15) is 0 Å². The molecule has 23 heavy (non-hydrogen) atoms. The van der Waals surface area contributed by atoms with Crippen LogP contribution in [0.1, 0.15) is 28.8 Å². The maximum Gasteiger partial charge on any atom is 0.251 e. The van der Waals surface area contributed by atoms with Crippen molar-refractivity contribution in [2.45, 2.75) is 19.4 Å². The molecule has 0 saturated carbocycles. The molecule has 1 saturated heterocycles. The molecule has 0 radical (unpaired) electrons. The van der Waals surface area contributed by atoms with Gasteiger partial charge in [0.15, 0.2) is 0 Å². The Morgan fingerprint density at radius 2 is 2.09 bits per heavy atom. The number of amides is 2. The molecule has 1 aliphatic rings. The summed E-state index contributed by atoms with van der Waals surface area (Å²) >= 11 is 0. The number of hydrogen-bond acceptors (Lipinski definition) is 4. The van der Waals surface area contributed by atoms with E-state index in [0.29, 0.717) is 25.3 Å². The van der Waals surface area contributed by atoms with Crippen LogP contribution in [0.5, 0.6) is 0 Å². The maximum atomic E-state index is 12.1. The fourth-order valence-electron chi connectivity index (χ4n) is 2.84. The molecule has 2 amide bonds. The lowest BCUT2D eigenvalue weighted by Gasteiger charge is -2.31. The molecule has 2 rings (SSSR count). The Kier molecular flexibility index (Phi) is 6.55. The Morgan fingerprint density at radius 3 is 2.74 bits per heavy atom. The SMILES string of the molecule is COCc1ccc(C(=O)NCCN2CCC[C@H](C(N)=O)C2)cc1. The van der Waals surface area contributed by atoms with Gasteiger partial charge in [0.25, 0.3) is 5.91 Å². The van der Waals surface area contributed by atoms with Crippen LogP contribution in [-0.2, 0) is 16.1 Å². The number of primary amides is 1. The first-order valence-electron chi connectivity index (χ1n) is 7.98. The van der Waals surface area contributed by atoms with Crippen LogP contribution >= 0.6 is 0 Å². The quantitative estimate of drug-likeness (QED) is 0.777. The van der Waals surface area contributed by atoms with Gasteiger partial charge in [0.05, 0.1) is 12.5 Å². The number of ether oxygens (including phenoxy) is 1. The molecule has 0 aromatic heterocycles. The smallest absolute Gasteiger partial charge is 0.251 e. The molecule has 3 N–H and O–H groups in total. The molecule has 0 bridgehead atoms. The molecule has 6 heteroatoms. The number of benzene rings is 1.